The van der Waals surface area contributed by atoms with E-state index in [1.54, 1.807) is 12.1 Å². The van der Waals surface area contributed by atoms with E-state index < -0.39 is 11.6 Å². The number of hydrogen-bond donors (Lipinski definition) is 0. The summed E-state index contributed by atoms with van der Waals surface area (Å²) in [7, 11) is 0. The molecule has 0 aliphatic rings. The molecule has 0 atom stereocenters. The summed E-state index contributed by atoms with van der Waals surface area (Å²) >= 11 is 0. The average molecular weight is 421 g/mol. The van der Waals surface area contributed by atoms with Gasteiger partial charge in [-0.25, -0.2) is 8.78 Å². The third-order valence-corrected chi connectivity index (χ3v) is 5.99. The number of hydrogen-bond acceptors (Lipinski definition) is 0. The van der Waals surface area contributed by atoms with Gasteiger partial charge in [0, 0.05) is 5.56 Å². The second kappa shape index (κ2) is 11.8. The fourth-order valence-corrected chi connectivity index (χ4v) is 4.05. The van der Waals surface area contributed by atoms with Crippen LogP contribution in [0.15, 0.2) is 60.7 Å². The van der Waals surface area contributed by atoms with Gasteiger partial charge in [-0.15, -0.1) is 0 Å². The highest BCUT2D eigenvalue weighted by atomic mass is 19.2. The summed E-state index contributed by atoms with van der Waals surface area (Å²) < 4.78 is 29.5. The van der Waals surface area contributed by atoms with Crippen LogP contribution in [0.25, 0.3) is 11.1 Å². The minimum Gasteiger partial charge on any atom is -0.203 e. The van der Waals surface area contributed by atoms with Crippen molar-refractivity contribution in [2.45, 2.75) is 71.6 Å². The van der Waals surface area contributed by atoms with Crippen LogP contribution in [-0.4, -0.2) is 0 Å². The topological polar surface area (TPSA) is 0 Å². The molecule has 0 nitrogen and oxygen atoms in total. The van der Waals surface area contributed by atoms with Crippen LogP contribution >= 0.6 is 0 Å². The summed E-state index contributed by atoms with van der Waals surface area (Å²) in [6.45, 7) is 4.35. The molecule has 164 valence electrons. The van der Waals surface area contributed by atoms with Crippen LogP contribution in [-0.2, 0) is 25.7 Å². The summed E-state index contributed by atoms with van der Waals surface area (Å²) in [4.78, 5) is 0. The van der Waals surface area contributed by atoms with E-state index in [0.717, 1.165) is 30.4 Å². The van der Waals surface area contributed by atoms with E-state index in [9.17, 15) is 8.78 Å². The van der Waals surface area contributed by atoms with Gasteiger partial charge in [0.05, 0.1) is 0 Å². The van der Waals surface area contributed by atoms with E-state index in [1.165, 1.54) is 36.8 Å². The maximum absolute atomic E-state index is 14.8. The van der Waals surface area contributed by atoms with E-state index in [-0.39, 0.29) is 0 Å². The summed E-state index contributed by atoms with van der Waals surface area (Å²) in [5, 5.41) is 0. The molecule has 0 aliphatic carbocycles. The van der Waals surface area contributed by atoms with Crippen LogP contribution in [0.3, 0.4) is 0 Å². The molecule has 2 heteroatoms. The van der Waals surface area contributed by atoms with E-state index in [4.69, 9.17) is 0 Å². The van der Waals surface area contributed by atoms with Crippen molar-refractivity contribution in [3.8, 4) is 11.1 Å². The third kappa shape index (κ3) is 6.50. The van der Waals surface area contributed by atoms with Crippen LogP contribution in [0.5, 0.6) is 0 Å². The minimum absolute atomic E-state index is 0.330. The number of aryl methyl sites for hydroxylation is 4. The first-order chi connectivity index (χ1) is 15.1. The van der Waals surface area contributed by atoms with Crippen molar-refractivity contribution in [1.29, 1.82) is 0 Å². The zero-order chi connectivity index (χ0) is 22.1. The molecular weight excluding hydrogens is 386 g/mol. The predicted molar refractivity (Wildman–Crippen MR) is 127 cm³/mol. The Morgan fingerprint density at radius 1 is 0.516 bits per heavy atom. The smallest absolute Gasteiger partial charge is 0.166 e. The first-order valence-corrected chi connectivity index (χ1v) is 11.8. The largest absolute Gasteiger partial charge is 0.203 e. The molecule has 0 unspecified atom stereocenters. The zero-order valence-electron chi connectivity index (χ0n) is 18.9. The Morgan fingerprint density at radius 2 is 1.13 bits per heavy atom. The van der Waals surface area contributed by atoms with Gasteiger partial charge in [-0.05, 0) is 59.9 Å². The third-order valence-electron chi connectivity index (χ3n) is 5.99. The molecule has 0 aliphatic heterocycles. The fraction of sp³-hybridized carbons (Fsp3) is 0.379. The molecule has 3 aromatic rings. The molecule has 31 heavy (non-hydrogen) atoms. The van der Waals surface area contributed by atoms with Crippen LogP contribution in [0.2, 0.25) is 0 Å². The molecule has 3 rings (SSSR count). The van der Waals surface area contributed by atoms with Crippen molar-refractivity contribution in [1.82, 2.24) is 0 Å². The second-order valence-electron chi connectivity index (χ2n) is 8.47. The molecule has 0 heterocycles. The average Bonchev–Trinajstić information content (AvgIpc) is 2.79. The van der Waals surface area contributed by atoms with Gasteiger partial charge in [0.1, 0.15) is 0 Å². The summed E-state index contributed by atoms with van der Waals surface area (Å²) in [5.41, 5.74) is 5.22. The Labute approximate surface area is 186 Å². The van der Waals surface area contributed by atoms with Gasteiger partial charge in [0.2, 0.25) is 0 Å². The van der Waals surface area contributed by atoms with Crippen molar-refractivity contribution in [2.75, 3.05) is 0 Å². The van der Waals surface area contributed by atoms with Crippen LogP contribution in [0.4, 0.5) is 8.78 Å². The zero-order valence-corrected chi connectivity index (χ0v) is 18.9. The lowest BCUT2D eigenvalue weighted by Crippen LogP contribution is -2.00. The Kier molecular flexibility index (Phi) is 8.82. The maximum atomic E-state index is 14.8. The number of benzene rings is 3. The normalized spacial score (nSPS) is 11.1. The van der Waals surface area contributed by atoms with Crippen molar-refractivity contribution < 1.29 is 8.78 Å². The number of halogens is 2. The number of unbranched alkanes of at least 4 members (excludes halogenated alkanes) is 3. The lowest BCUT2D eigenvalue weighted by atomic mass is 9.97. The van der Waals surface area contributed by atoms with Gasteiger partial charge >= 0.3 is 0 Å². The van der Waals surface area contributed by atoms with Gasteiger partial charge in [0.15, 0.2) is 11.6 Å². The predicted octanol–water partition coefficient (Wildman–Crippen LogP) is 8.49. The lowest BCUT2D eigenvalue weighted by Gasteiger charge is -2.10. The molecule has 0 bridgehead atoms. The molecule has 0 radical (unpaired) electrons. The molecule has 3 aromatic carbocycles. The van der Waals surface area contributed by atoms with E-state index in [0.29, 0.717) is 24.0 Å². The SMILES string of the molecule is CCCCCCc1ccc(CCc2ccc(-c3ccc(CCC)cc3)c(F)c2F)cc1. The van der Waals surface area contributed by atoms with E-state index >= 15 is 0 Å². The van der Waals surface area contributed by atoms with E-state index in [1.807, 2.05) is 24.3 Å². The fourth-order valence-electron chi connectivity index (χ4n) is 4.05. The Hall–Kier alpha value is -2.48. The summed E-state index contributed by atoms with van der Waals surface area (Å²) in [5.74, 6) is -1.47. The van der Waals surface area contributed by atoms with Crippen molar-refractivity contribution in [3.05, 3.63) is 94.6 Å². The maximum Gasteiger partial charge on any atom is 0.166 e. The van der Waals surface area contributed by atoms with Gasteiger partial charge in [0.25, 0.3) is 0 Å². The molecular formula is C29H34F2. The Balaban J connectivity index is 1.61. The van der Waals surface area contributed by atoms with Crippen molar-refractivity contribution >= 4 is 0 Å². The lowest BCUT2D eigenvalue weighted by molar-refractivity contribution is 0.501. The molecule has 0 aromatic heterocycles. The van der Waals surface area contributed by atoms with Crippen LogP contribution in [0.1, 0.15) is 68.2 Å². The van der Waals surface area contributed by atoms with Crippen molar-refractivity contribution in [3.63, 3.8) is 0 Å². The molecule has 0 spiro atoms. The Morgan fingerprint density at radius 3 is 1.77 bits per heavy atom. The second-order valence-corrected chi connectivity index (χ2v) is 8.47. The first kappa shape index (κ1) is 23.2. The molecule has 0 amide bonds. The standard InChI is InChI=1S/C29H34F2/c1-3-5-6-7-9-23-10-12-24(13-11-23)16-19-26-20-21-27(29(31)28(26)30)25-17-14-22(8-4-2)15-18-25/h10-15,17-18,20-21H,3-9,16,19H2,1-2H3. The van der Waals surface area contributed by atoms with Crippen molar-refractivity contribution in [2.24, 2.45) is 0 Å². The quantitative estimate of drug-likeness (QED) is 0.273. The molecule has 0 N–H and O–H groups in total. The van der Waals surface area contributed by atoms with E-state index in [2.05, 4.69) is 38.1 Å². The monoisotopic (exact) mass is 420 g/mol. The number of rotatable bonds is 11. The molecule has 0 saturated carbocycles. The van der Waals surface area contributed by atoms with Crippen LogP contribution < -0.4 is 0 Å². The summed E-state index contributed by atoms with van der Waals surface area (Å²) in [6, 6.07) is 19.8. The van der Waals surface area contributed by atoms with Gasteiger partial charge in [-0.2, -0.15) is 0 Å². The Bertz CT molecular complexity index is 940. The highest BCUT2D eigenvalue weighted by Crippen LogP contribution is 2.27. The van der Waals surface area contributed by atoms with Gasteiger partial charge in [-0.3, -0.25) is 0 Å². The van der Waals surface area contributed by atoms with Gasteiger partial charge < -0.3 is 0 Å². The first-order valence-electron chi connectivity index (χ1n) is 11.8. The highest BCUT2D eigenvalue weighted by molar-refractivity contribution is 5.65. The van der Waals surface area contributed by atoms with Crippen LogP contribution in [0, 0.1) is 11.6 Å². The van der Waals surface area contributed by atoms with Gasteiger partial charge in [-0.1, -0.05) is 100 Å². The minimum atomic E-state index is -0.747. The molecule has 0 saturated heterocycles. The highest BCUT2D eigenvalue weighted by Gasteiger charge is 2.15. The summed E-state index contributed by atoms with van der Waals surface area (Å²) in [6.07, 6.45) is 9.43. The molecule has 0 fully saturated rings.